The van der Waals surface area contributed by atoms with Gasteiger partial charge < -0.3 is 15.4 Å². The summed E-state index contributed by atoms with van der Waals surface area (Å²) in [5.74, 6) is -0.173. The molecule has 0 unspecified atom stereocenters. The topological polar surface area (TPSA) is 99.7 Å². The fraction of sp³-hybridized carbons (Fsp3) is 0.167. The Labute approximate surface area is 192 Å². The van der Waals surface area contributed by atoms with Crippen molar-refractivity contribution in [2.75, 3.05) is 11.9 Å². The molecule has 1 aliphatic heterocycles. The molecule has 0 saturated carbocycles. The molecule has 0 bridgehead atoms. The number of fused-ring (bicyclic) bond motifs is 1. The van der Waals surface area contributed by atoms with E-state index < -0.39 is 5.91 Å². The molecule has 2 amide bonds. The average molecular weight is 454 g/mol. The van der Waals surface area contributed by atoms with Crippen molar-refractivity contribution in [2.24, 2.45) is 0 Å². The highest BCUT2D eigenvalue weighted by atomic mass is 35.5. The molecule has 1 atom stereocenters. The molecule has 4 N–H and O–H groups in total. The second kappa shape index (κ2) is 10.8. The van der Waals surface area contributed by atoms with Gasteiger partial charge in [-0.25, -0.2) is 5.48 Å². The van der Waals surface area contributed by atoms with E-state index in [1.807, 2.05) is 54.6 Å². The molecule has 166 valence electrons. The number of hydroxylamine groups is 1. The Morgan fingerprint density at radius 3 is 2.41 bits per heavy atom. The average Bonchev–Trinajstić information content (AvgIpc) is 2.83. The minimum Gasteiger partial charge on any atom is -0.484 e. The third kappa shape index (κ3) is 5.64. The van der Waals surface area contributed by atoms with Gasteiger partial charge in [-0.1, -0.05) is 48.5 Å². The Hall–Kier alpha value is -3.39. The molecule has 32 heavy (non-hydrogen) atoms. The van der Waals surface area contributed by atoms with Crippen LogP contribution in [0.25, 0.3) is 11.1 Å². The van der Waals surface area contributed by atoms with Crippen molar-refractivity contribution in [3.8, 4) is 16.9 Å². The zero-order chi connectivity index (χ0) is 21.6. The molecular weight excluding hydrogens is 430 g/mol. The SMILES string of the molecule is Cl.O=C(COc1ccc2c(c1)CN[C@H](C(=O)Nc1ccc(-c3ccccc3)cc1)C2)NO. The lowest BCUT2D eigenvalue weighted by Gasteiger charge is -2.26. The van der Waals surface area contributed by atoms with Gasteiger partial charge in [0.2, 0.25) is 5.91 Å². The summed E-state index contributed by atoms with van der Waals surface area (Å²) in [6.45, 7) is 0.251. The van der Waals surface area contributed by atoms with Crippen LogP contribution in [0.2, 0.25) is 0 Å². The van der Waals surface area contributed by atoms with Crippen LogP contribution in [0, 0.1) is 0 Å². The molecule has 0 spiro atoms. The Kier molecular flexibility index (Phi) is 7.83. The fourth-order valence-corrected chi connectivity index (χ4v) is 3.55. The van der Waals surface area contributed by atoms with Gasteiger partial charge in [0.15, 0.2) is 6.61 Å². The van der Waals surface area contributed by atoms with Gasteiger partial charge in [0, 0.05) is 12.2 Å². The van der Waals surface area contributed by atoms with E-state index in [9.17, 15) is 9.59 Å². The molecule has 1 aliphatic rings. The molecule has 0 saturated heterocycles. The Balaban J connectivity index is 0.00000289. The molecule has 0 radical (unpaired) electrons. The quantitative estimate of drug-likeness (QED) is 0.339. The van der Waals surface area contributed by atoms with Gasteiger partial charge in [0.1, 0.15) is 5.75 Å². The van der Waals surface area contributed by atoms with E-state index in [1.54, 1.807) is 6.07 Å². The third-order valence-electron chi connectivity index (χ3n) is 5.21. The summed E-state index contributed by atoms with van der Waals surface area (Å²) in [6, 6.07) is 23.0. The van der Waals surface area contributed by atoms with Crippen molar-refractivity contribution in [1.29, 1.82) is 0 Å². The largest absolute Gasteiger partial charge is 0.484 e. The van der Waals surface area contributed by atoms with E-state index in [-0.39, 0.29) is 31.0 Å². The minimum absolute atomic E-state index is 0. The van der Waals surface area contributed by atoms with E-state index in [4.69, 9.17) is 9.94 Å². The highest BCUT2D eigenvalue weighted by Gasteiger charge is 2.24. The van der Waals surface area contributed by atoms with Crippen molar-refractivity contribution in [1.82, 2.24) is 10.8 Å². The number of carbonyl (C=O) groups is 2. The van der Waals surface area contributed by atoms with Gasteiger partial charge in [0.25, 0.3) is 5.91 Å². The molecule has 4 rings (SSSR count). The summed E-state index contributed by atoms with van der Waals surface area (Å²) in [7, 11) is 0. The maximum atomic E-state index is 12.7. The summed E-state index contributed by atoms with van der Waals surface area (Å²) >= 11 is 0. The molecule has 1 heterocycles. The van der Waals surface area contributed by atoms with Crippen molar-refractivity contribution in [3.63, 3.8) is 0 Å². The number of hydrogen-bond acceptors (Lipinski definition) is 5. The standard InChI is InChI=1S/C24H23N3O4.ClH/c28-23(27-30)15-31-21-11-8-18-13-22(25-14-19(18)12-21)24(29)26-20-9-6-17(7-10-20)16-4-2-1-3-5-16;/h1-12,22,25,30H,13-15H2,(H,26,29)(H,27,28);1H/t22-;/m0./s1. The number of amides is 2. The number of nitrogens with one attached hydrogen (secondary N) is 3. The normalized spacial score (nSPS) is 14.5. The van der Waals surface area contributed by atoms with Gasteiger partial charge in [0.05, 0.1) is 6.04 Å². The molecule has 7 nitrogen and oxygen atoms in total. The number of hydrogen-bond donors (Lipinski definition) is 4. The number of ether oxygens (including phenoxy) is 1. The van der Waals surface area contributed by atoms with Crippen LogP contribution in [0.4, 0.5) is 5.69 Å². The van der Waals surface area contributed by atoms with Gasteiger partial charge in [-0.3, -0.25) is 14.8 Å². The zero-order valence-corrected chi connectivity index (χ0v) is 18.0. The lowest BCUT2D eigenvalue weighted by molar-refractivity contribution is -0.131. The van der Waals surface area contributed by atoms with Gasteiger partial charge in [-0.15, -0.1) is 12.4 Å². The first-order chi connectivity index (χ1) is 15.1. The van der Waals surface area contributed by atoms with Crippen LogP contribution in [0.1, 0.15) is 11.1 Å². The van der Waals surface area contributed by atoms with Gasteiger partial charge >= 0.3 is 0 Å². The number of benzene rings is 3. The second-order valence-corrected chi connectivity index (χ2v) is 7.32. The van der Waals surface area contributed by atoms with Crippen LogP contribution in [-0.2, 0) is 22.6 Å². The zero-order valence-electron chi connectivity index (χ0n) is 17.2. The Morgan fingerprint density at radius 2 is 1.69 bits per heavy atom. The lowest BCUT2D eigenvalue weighted by Crippen LogP contribution is -2.44. The molecular formula is C24H24ClN3O4. The molecule has 8 heteroatoms. The van der Waals surface area contributed by atoms with Gasteiger partial charge in [-0.2, -0.15) is 0 Å². The Morgan fingerprint density at radius 1 is 0.969 bits per heavy atom. The fourth-order valence-electron chi connectivity index (χ4n) is 3.55. The van der Waals surface area contributed by atoms with Crippen molar-refractivity contribution in [3.05, 3.63) is 83.9 Å². The minimum atomic E-state index is -0.621. The molecule has 3 aromatic rings. The number of carbonyl (C=O) groups excluding carboxylic acids is 2. The third-order valence-corrected chi connectivity index (χ3v) is 5.21. The van der Waals surface area contributed by atoms with Crippen molar-refractivity contribution < 1.29 is 19.5 Å². The van der Waals surface area contributed by atoms with E-state index >= 15 is 0 Å². The number of anilines is 1. The van der Waals surface area contributed by atoms with Crippen LogP contribution in [0.5, 0.6) is 5.75 Å². The number of halogens is 1. The van der Waals surface area contributed by atoms with Crippen molar-refractivity contribution in [2.45, 2.75) is 19.0 Å². The van der Waals surface area contributed by atoms with Crippen LogP contribution in [0.15, 0.2) is 72.8 Å². The first kappa shape index (κ1) is 23.3. The summed E-state index contributed by atoms with van der Waals surface area (Å²) in [4.78, 5) is 23.8. The first-order valence-electron chi connectivity index (χ1n) is 9.99. The highest BCUT2D eigenvalue weighted by Crippen LogP contribution is 2.24. The van der Waals surface area contributed by atoms with E-state index in [2.05, 4.69) is 22.8 Å². The molecule has 0 aromatic heterocycles. The number of rotatable bonds is 6. The smallest absolute Gasteiger partial charge is 0.281 e. The van der Waals surface area contributed by atoms with E-state index in [1.165, 1.54) is 5.48 Å². The first-order valence-corrected chi connectivity index (χ1v) is 9.99. The van der Waals surface area contributed by atoms with E-state index in [0.717, 1.165) is 27.9 Å². The summed E-state index contributed by atoms with van der Waals surface area (Å²) < 4.78 is 5.34. The maximum Gasteiger partial charge on any atom is 0.281 e. The predicted molar refractivity (Wildman–Crippen MR) is 124 cm³/mol. The molecule has 0 aliphatic carbocycles. The summed E-state index contributed by atoms with van der Waals surface area (Å²) in [5, 5.41) is 14.8. The summed E-state index contributed by atoms with van der Waals surface area (Å²) in [5.41, 5.74) is 6.57. The van der Waals surface area contributed by atoms with Crippen LogP contribution in [-0.4, -0.2) is 29.7 Å². The van der Waals surface area contributed by atoms with Crippen LogP contribution < -0.4 is 20.9 Å². The van der Waals surface area contributed by atoms with Crippen molar-refractivity contribution >= 4 is 29.9 Å². The Bertz CT molecular complexity index is 1070. The monoisotopic (exact) mass is 453 g/mol. The highest BCUT2D eigenvalue weighted by molar-refractivity contribution is 5.95. The van der Waals surface area contributed by atoms with E-state index in [0.29, 0.717) is 18.7 Å². The maximum absolute atomic E-state index is 12.7. The predicted octanol–water partition coefficient (Wildman–Crippen LogP) is 3.31. The summed E-state index contributed by atoms with van der Waals surface area (Å²) in [6.07, 6.45) is 0.556. The van der Waals surface area contributed by atoms with Crippen LogP contribution >= 0.6 is 12.4 Å². The molecule has 0 fully saturated rings. The molecule has 3 aromatic carbocycles. The second-order valence-electron chi connectivity index (χ2n) is 7.32. The van der Waals surface area contributed by atoms with Gasteiger partial charge in [-0.05, 0) is 52.9 Å². The lowest BCUT2D eigenvalue weighted by atomic mass is 9.95. The van der Waals surface area contributed by atoms with Crippen LogP contribution in [0.3, 0.4) is 0 Å².